The number of carbonyl (C=O) groups is 1. The molecule has 0 spiro atoms. The van der Waals surface area contributed by atoms with Gasteiger partial charge < -0.3 is 4.74 Å². The third-order valence-electron chi connectivity index (χ3n) is 2.35. The van der Waals surface area contributed by atoms with Gasteiger partial charge in [-0.3, -0.25) is 0 Å². The first-order valence-corrected chi connectivity index (χ1v) is 5.25. The second kappa shape index (κ2) is 4.78. The van der Waals surface area contributed by atoms with Crippen LogP contribution < -0.4 is 0 Å². The average molecular weight is 202 g/mol. The van der Waals surface area contributed by atoms with Gasteiger partial charge in [-0.15, -0.1) is 0 Å². The Morgan fingerprint density at radius 3 is 2.73 bits per heavy atom. The minimum absolute atomic E-state index is 0.254. The van der Waals surface area contributed by atoms with Crippen molar-refractivity contribution in [2.45, 2.75) is 12.8 Å². The van der Waals surface area contributed by atoms with E-state index in [0.717, 1.165) is 5.92 Å². The molecule has 1 aliphatic rings. The van der Waals surface area contributed by atoms with Crippen molar-refractivity contribution in [3.8, 4) is 0 Å². The summed E-state index contributed by atoms with van der Waals surface area (Å²) in [5, 5.41) is 0. The molecule has 2 heteroatoms. The third-order valence-corrected chi connectivity index (χ3v) is 2.35. The van der Waals surface area contributed by atoms with Crippen molar-refractivity contribution >= 4 is 5.97 Å². The van der Waals surface area contributed by atoms with Gasteiger partial charge in [0.2, 0.25) is 0 Å². The highest BCUT2D eigenvalue weighted by Gasteiger charge is 2.16. The van der Waals surface area contributed by atoms with E-state index in [0.29, 0.717) is 12.2 Å². The van der Waals surface area contributed by atoms with Crippen molar-refractivity contribution < 1.29 is 9.53 Å². The topological polar surface area (TPSA) is 26.3 Å². The van der Waals surface area contributed by atoms with Crippen molar-refractivity contribution in [3.05, 3.63) is 48.0 Å². The quantitative estimate of drug-likeness (QED) is 0.554. The molecule has 0 atom stereocenters. The number of rotatable bonds is 4. The molecule has 78 valence electrons. The van der Waals surface area contributed by atoms with Crippen LogP contribution in [0.3, 0.4) is 0 Å². The molecule has 0 radical (unpaired) electrons. The summed E-state index contributed by atoms with van der Waals surface area (Å²) in [7, 11) is 0. The Morgan fingerprint density at radius 2 is 2.07 bits per heavy atom. The van der Waals surface area contributed by atoms with E-state index in [1.54, 1.807) is 12.1 Å². The highest BCUT2D eigenvalue weighted by Crippen LogP contribution is 2.29. The van der Waals surface area contributed by atoms with Crippen LogP contribution in [-0.4, -0.2) is 12.6 Å². The lowest BCUT2D eigenvalue weighted by molar-refractivity contribution is 0.0549. The Bertz CT molecular complexity index is 350. The van der Waals surface area contributed by atoms with Crippen LogP contribution in [0, 0.1) is 5.92 Å². The maximum atomic E-state index is 11.4. The molecule has 1 aromatic carbocycles. The smallest absolute Gasteiger partial charge is 0.338 e. The lowest BCUT2D eigenvalue weighted by atomic mass is 10.2. The van der Waals surface area contributed by atoms with E-state index >= 15 is 0 Å². The van der Waals surface area contributed by atoms with Crippen LogP contribution in [0.4, 0.5) is 0 Å². The minimum atomic E-state index is -0.254. The first kappa shape index (κ1) is 9.97. The van der Waals surface area contributed by atoms with Gasteiger partial charge in [-0.05, 0) is 30.9 Å². The first-order valence-electron chi connectivity index (χ1n) is 5.25. The highest BCUT2D eigenvalue weighted by atomic mass is 16.5. The SMILES string of the molecule is O=C(OC/C=C/C1CC1)c1ccccc1. The zero-order valence-electron chi connectivity index (χ0n) is 8.56. The van der Waals surface area contributed by atoms with Gasteiger partial charge in [0, 0.05) is 0 Å². The molecule has 15 heavy (non-hydrogen) atoms. The summed E-state index contributed by atoms with van der Waals surface area (Å²) < 4.78 is 5.08. The van der Waals surface area contributed by atoms with Crippen LogP contribution in [0.2, 0.25) is 0 Å². The van der Waals surface area contributed by atoms with Gasteiger partial charge in [-0.25, -0.2) is 4.79 Å². The van der Waals surface area contributed by atoms with Gasteiger partial charge in [-0.1, -0.05) is 30.4 Å². The maximum Gasteiger partial charge on any atom is 0.338 e. The maximum absolute atomic E-state index is 11.4. The predicted molar refractivity (Wildman–Crippen MR) is 58.6 cm³/mol. The van der Waals surface area contributed by atoms with Crippen LogP contribution in [0.25, 0.3) is 0 Å². The van der Waals surface area contributed by atoms with E-state index in [-0.39, 0.29) is 5.97 Å². The summed E-state index contributed by atoms with van der Waals surface area (Å²) in [5.74, 6) is 0.483. The Balaban J connectivity index is 1.77. The number of carbonyl (C=O) groups excluding carboxylic acids is 1. The molecule has 0 bridgehead atoms. The van der Waals surface area contributed by atoms with Crippen LogP contribution in [0.5, 0.6) is 0 Å². The third kappa shape index (κ3) is 3.24. The number of esters is 1. The summed E-state index contributed by atoms with van der Waals surface area (Å²) in [6, 6.07) is 9.05. The number of allylic oxidation sites excluding steroid dienone is 1. The molecule has 0 heterocycles. The Labute approximate surface area is 89.6 Å². The van der Waals surface area contributed by atoms with Crippen LogP contribution in [0.1, 0.15) is 23.2 Å². The molecule has 0 unspecified atom stereocenters. The largest absolute Gasteiger partial charge is 0.458 e. The van der Waals surface area contributed by atoms with E-state index in [2.05, 4.69) is 6.08 Å². The molecule has 0 amide bonds. The summed E-state index contributed by atoms with van der Waals surface area (Å²) in [6.45, 7) is 0.379. The number of hydrogen-bond donors (Lipinski definition) is 0. The van der Waals surface area contributed by atoms with Gasteiger partial charge in [-0.2, -0.15) is 0 Å². The second-order valence-electron chi connectivity index (χ2n) is 3.73. The van der Waals surface area contributed by atoms with Crippen molar-refractivity contribution in [1.82, 2.24) is 0 Å². The minimum Gasteiger partial charge on any atom is -0.458 e. The van der Waals surface area contributed by atoms with E-state index in [1.165, 1.54) is 12.8 Å². The molecule has 1 aliphatic carbocycles. The Hall–Kier alpha value is -1.57. The van der Waals surface area contributed by atoms with Crippen molar-refractivity contribution in [3.63, 3.8) is 0 Å². The fourth-order valence-corrected chi connectivity index (χ4v) is 1.32. The van der Waals surface area contributed by atoms with Crippen molar-refractivity contribution in [2.24, 2.45) is 5.92 Å². The van der Waals surface area contributed by atoms with Crippen LogP contribution in [0.15, 0.2) is 42.5 Å². The normalized spacial score (nSPS) is 15.5. The van der Waals surface area contributed by atoms with Crippen LogP contribution >= 0.6 is 0 Å². The second-order valence-corrected chi connectivity index (χ2v) is 3.73. The zero-order valence-corrected chi connectivity index (χ0v) is 8.56. The summed E-state index contributed by atoms with van der Waals surface area (Å²) in [6.07, 6.45) is 6.61. The fourth-order valence-electron chi connectivity index (χ4n) is 1.32. The lowest BCUT2D eigenvalue weighted by Gasteiger charge is -2.00. The van der Waals surface area contributed by atoms with E-state index < -0.39 is 0 Å². The van der Waals surface area contributed by atoms with E-state index in [4.69, 9.17) is 4.74 Å². The van der Waals surface area contributed by atoms with Gasteiger partial charge in [0.25, 0.3) is 0 Å². The number of benzene rings is 1. The van der Waals surface area contributed by atoms with Crippen molar-refractivity contribution in [1.29, 1.82) is 0 Å². The standard InChI is InChI=1S/C13H14O2/c14-13(12-6-2-1-3-7-12)15-10-4-5-11-8-9-11/h1-7,11H,8-10H2/b5-4+. The molecule has 1 saturated carbocycles. The first-order chi connectivity index (χ1) is 7.36. The lowest BCUT2D eigenvalue weighted by Crippen LogP contribution is -2.04. The van der Waals surface area contributed by atoms with Gasteiger partial charge in [0.1, 0.15) is 6.61 Å². The zero-order chi connectivity index (χ0) is 10.5. The van der Waals surface area contributed by atoms with E-state index in [1.807, 2.05) is 24.3 Å². The molecule has 0 aromatic heterocycles. The molecule has 0 N–H and O–H groups in total. The molecule has 2 rings (SSSR count). The van der Waals surface area contributed by atoms with Gasteiger partial charge in [0.15, 0.2) is 0 Å². The average Bonchev–Trinajstić information content (AvgIpc) is 3.09. The Morgan fingerprint density at radius 1 is 1.33 bits per heavy atom. The molecule has 0 aliphatic heterocycles. The monoisotopic (exact) mass is 202 g/mol. The molecular formula is C13H14O2. The summed E-state index contributed by atoms with van der Waals surface area (Å²) in [4.78, 5) is 11.4. The predicted octanol–water partition coefficient (Wildman–Crippen LogP) is 2.81. The fraction of sp³-hybridized carbons (Fsp3) is 0.308. The Kier molecular flexibility index (Phi) is 3.18. The molecule has 0 saturated heterocycles. The van der Waals surface area contributed by atoms with E-state index in [9.17, 15) is 4.79 Å². The summed E-state index contributed by atoms with van der Waals surface area (Å²) >= 11 is 0. The molecular weight excluding hydrogens is 188 g/mol. The number of hydrogen-bond acceptors (Lipinski definition) is 2. The number of ether oxygens (including phenoxy) is 1. The van der Waals surface area contributed by atoms with Gasteiger partial charge >= 0.3 is 5.97 Å². The van der Waals surface area contributed by atoms with Gasteiger partial charge in [0.05, 0.1) is 5.56 Å². The molecule has 1 fully saturated rings. The molecule has 1 aromatic rings. The molecule has 2 nitrogen and oxygen atoms in total. The summed E-state index contributed by atoms with van der Waals surface area (Å²) in [5.41, 5.74) is 0.609. The highest BCUT2D eigenvalue weighted by molar-refractivity contribution is 5.89. The van der Waals surface area contributed by atoms with Crippen LogP contribution in [-0.2, 0) is 4.74 Å². The van der Waals surface area contributed by atoms with Crippen molar-refractivity contribution in [2.75, 3.05) is 6.61 Å².